The molecular weight excluding hydrogens is 440 g/mol. The highest BCUT2D eigenvalue weighted by molar-refractivity contribution is 7.92. The molecule has 0 saturated heterocycles. The number of para-hydroxylation sites is 2. The van der Waals surface area contributed by atoms with Crippen molar-refractivity contribution in [3.63, 3.8) is 0 Å². The molecular formula is C25H26N2O5S. The first kappa shape index (κ1) is 22.7. The third kappa shape index (κ3) is 4.80. The van der Waals surface area contributed by atoms with Gasteiger partial charge in [0.05, 0.1) is 17.7 Å². The Morgan fingerprint density at radius 3 is 2.58 bits per heavy atom. The smallest absolute Gasteiger partial charge is 0.264 e. The van der Waals surface area contributed by atoms with Crippen molar-refractivity contribution in [2.45, 2.75) is 24.8 Å². The number of nitrogens with one attached hydrogen (secondary N) is 1. The zero-order valence-corrected chi connectivity index (χ0v) is 19.4. The van der Waals surface area contributed by atoms with E-state index in [1.54, 1.807) is 26.2 Å². The van der Waals surface area contributed by atoms with E-state index in [1.807, 2.05) is 48.5 Å². The topological polar surface area (TPSA) is 84.9 Å². The Kier molecular flexibility index (Phi) is 6.55. The van der Waals surface area contributed by atoms with Crippen LogP contribution in [0, 0.1) is 6.92 Å². The lowest BCUT2D eigenvalue weighted by Gasteiger charge is -2.20. The quantitative estimate of drug-likeness (QED) is 0.550. The summed E-state index contributed by atoms with van der Waals surface area (Å²) in [5.41, 5.74) is 3.25. The molecule has 1 N–H and O–H groups in total. The molecule has 0 aliphatic carbocycles. The maximum atomic E-state index is 13.2. The fourth-order valence-electron chi connectivity index (χ4n) is 3.87. The maximum absolute atomic E-state index is 13.2. The molecule has 1 aliphatic heterocycles. The maximum Gasteiger partial charge on any atom is 0.264 e. The van der Waals surface area contributed by atoms with E-state index in [1.165, 1.54) is 10.4 Å². The van der Waals surface area contributed by atoms with Crippen molar-refractivity contribution in [3.05, 3.63) is 83.4 Å². The first-order chi connectivity index (χ1) is 15.9. The lowest BCUT2D eigenvalue weighted by atomic mass is 10.2. The summed E-state index contributed by atoms with van der Waals surface area (Å²) < 4.78 is 38.8. The number of rotatable bonds is 8. The van der Waals surface area contributed by atoms with Crippen molar-refractivity contribution < 1.29 is 22.7 Å². The van der Waals surface area contributed by atoms with Gasteiger partial charge in [-0.15, -0.1) is 0 Å². The standard InChI is InChI=1S/C25H26N2O5S/c1-18-15-21(33(29,30)27-14-13-19-7-3-5-9-22(19)27)11-12-23(18)32-17-25(28)26-16-20-8-4-6-10-24(20)31-2/h3-12,15H,13-14,16-17H2,1-2H3,(H,26,28). The first-order valence-corrected chi connectivity index (χ1v) is 12.1. The van der Waals surface area contributed by atoms with Gasteiger partial charge in [0.25, 0.3) is 15.9 Å². The predicted molar refractivity (Wildman–Crippen MR) is 126 cm³/mol. The molecule has 0 unspecified atom stereocenters. The minimum atomic E-state index is -3.68. The van der Waals surface area contributed by atoms with Gasteiger partial charge in [-0.25, -0.2) is 8.42 Å². The Morgan fingerprint density at radius 2 is 1.79 bits per heavy atom. The summed E-state index contributed by atoms with van der Waals surface area (Å²) in [6, 6.07) is 19.7. The molecule has 0 bridgehead atoms. The second-order valence-electron chi connectivity index (χ2n) is 7.76. The molecule has 33 heavy (non-hydrogen) atoms. The Balaban J connectivity index is 1.39. The predicted octanol–water partition coefficient (Wildman–Crippen LogP) is 3.45. The number of nitrogens with zero attached hydrogens (tertiary/aromatic N) is 1. The number of ether oxygens (including phenoxy) is 2. The Bertz CT molecular complexity index is 1270. The van der Waals surface area contributed by atoms with Crippen LogP contribution in [0.2, 0.25) is 0 Å². The number of carbonyl (C=O) groups excluding carboxylic acids is 1. The molecule has 1 amide bonds. The second-order valence-corrected chi connectivity index (χ2v) is 9.62. The first-order valence-electron chi connectivity index (χ1n) is 10.6. The van der Waals surface area contributed by atoms with Crippen LogP contribution in [-0.2, 0) is 27.8 Å². The Morgan fingerprint density at radius 1 is 1.03 bits per heavy atom. The minimum Gasteiger partial charge on any atom is -0.496 e. The number of hydrogen-bond donors (Lipinski definition) is 1. The van der Waals surface area contributed by atoms with Gasteiger partial charge in [0.15, 0.2) is 6.61 Å². The van der Waals surface area contributed by atoms with E-state index in [9.17, 15) is 13.2 Å². The van der Waals surface area contributed by atoms with E-state index in [-0.39, 0.29) is 17.4 Å². The van der Waals surface area contributed by atoms with Crippen molar-refractivity contribution in [1.82, 2.24) is 5.32 Å². The van der Waals surface area contributed by atoms with Crippen molar-refractivity contribution in [3.8, 4) is 11.5 Å². The van der Waals surface area contributed by atoms with E-state index < -0.39 is 10.0 Å². The number of anilines is 1. The van der Waals surface area contributed by atoms with Gasteiger partial charge in [-0.1, -0.05) is 36.4 Å². The van der Waals surface area contributed by atoms with Crippen molar-refractivity contribution in [2.24, 2.45) is 0 Å². The highest BCUT2D eigenvalue weighted by Crippen LogP contribution is 2.33. The highest BCUT2D eigenvalue weighted by Gasteiger charge is 2.30. The molecule has 0 aromatic heterocycles. The second kappa shape index (κ2) is 9.54. The van der Waals surface area contributed by atoms with Gasteiger partial charge >= 0.3 is 0 Å². The monoisotopic (exact) mass is 466 g/mol. The van der Waals surface area contributed by atoms with Crippen LogP contribution in [0.15, 0.2) is 71.6 Å². The number of methoxy groups -OCH3 is 1. The molecule has 1 heterocycles. The third-order valence-corrected chi connectivity index (χ3v) is 7.42. The molecule has 0 radical (unpaired) electrons. The minimum absolute atomic E-state index is 0.179. The van der Waals surface area contributed by atoms with Crippen LogP contribution in [0.25, 0.3) is 0 Å². The van der Waals surface area contributed by atoms with Gasteiger partial charge in [0.1, 0.15) is 11.5 Å². The fraction of sp³-hybridized carbons (Fsp3) is 0.240. The summed E-state index contributed by atoms with van der Waals surface area (Å²) in [6.07, 6.45) is 0.694. The van der Waals surface area contributed by atoms with Gasteiger partial charge in [-0.2, -0.15) is 0 Å². The van der Waals surface area contributed by atoms with E-state index >= 15 is 0 Å². The van der Waals surface area contributed by atoms with Gasteiger partial charge < -0.3 is 14.8 Å². The molecule has 1 aliphatic rings. The summed E-state index contributed by atoms with van der Waals surface area (Å²) >= 11 is 0. The highest BCUT2D eigenvalue weighted by atomic mass is 32.2. The lowest BCUT2D eigenvalue weighted by molar-refractivity contribution is -0.123. The van der Waals surface area contributed by atoms with E-state index in [0.29, 0.717) is 36.6 Å². The zero-order chi connectivity index (χ0) is 23.4. The molecule has 172 valence electrons. The van der Waals surface area contributed by atoms with Crippen LogP contribution in [-0.4, -0.2) is 34.6 Å². The molecule has 3 aromatic rings. The largest absolute Gasteiger partial charge is 0.496 e. The van der Waals surface area contributed by atoms with Crippen LogP contribution < -0.4 is 19.1 Å². The number of amides is 1. The summed E-state index contributed by atoms with van der Waals surface area (Å²) in [4.78, 5) is 12.4. The lowest BCUT2D eigenvalue weighted by Crippen LogP contribution is -2.29. The summed E-state index contributed by atoms with van der Waals surface area (Å²) in [6.45, 7) is 2.33. The SMILES string of the molecule is COc1ccccc1CNC(=O)COc1ccc(S(=O)(=O)N2CCc3ccccc32)cc1C. The van der Waals surface area contributed by atoms with Gasteiger partial charge in [0, 0.05) is 18.7 Å². The van der Waals surface area contributed by atoms with Crippen LogP contribution in [0.5, 0.6) is 11.5 Å². The molecule has 0 spiro atoms. The van der Waals surface area contributed by atoms with Crippen LogP contribution in [0.1, 0.15) is 16.7 Å². The van der Waals surface area contributed by atoms with Crippen LogP contribution in [0.4, 0.5) is 5.69 Å². The van der Waals surface area contributed by atoms with Crippen LogP contribution >= 0.6 is 0 Å². The third-order valence-electron chi connectivity index (χ3n) is 5.61. The summed E-state index contributed by atoms with van der Waals surface area (Å²) in [5, 5.41) is 2.80. The number of carbonyl (C=O) groups is 1. The van der Waals surface area contributed by atoms with E-state index in [4.69, 9.17) is 9.47 Å². The summed E-state index contributed by atoms with van der Waals surface area (Å²) in [7, 11) is -2.10. The normalized spacial score (nSPS) is 12.8. The van der Waals surface area contributed by atoms with Crippen LogP contribution in [0.3, 0.4) is 0 Å². The van der Waals surface area contributed by atoms with E-state index in [2.05, 4.69) is 5.32 Å². The Labute approximate surface area is 194 Å². The molecule has 4 rings (SSSR count). The summed E-state index contributed by atoms with van der Waals surface area (Å²) in [5.74, 6) is 0.876. The molecule has 8 heteroatoms. The zero-order valence-electron chi connectivity index (χ0n) is 18.6. The average Bonchev–Trinajstić information content (AvgIpc) is 3.27. The van der Waals surface area contributed by atoms with Gasteiger partial charge in [0.2, 0.25) is 0 Å². The molecule has 3 aromatic carbocycles. The number of aryl methyl sites for hydroxylation is 1. The molecule has 0 fully saturated rings. The van der Waals surface area contributed by atoms with Crippen molar-refractivity contribution in [2.75, 3.05) is 24.6 Å². The molecule has 0 saturated carbocycles. The average molecular weight is 467 g/mol. The molecule has 7 nitrogen and oxygen atoms in total. The van der Waals surface area contributed by atoms with Crippen molar-refractivity contribution in [1.29, 1.82) is 0 Å². The number of benzene rings is 3. The number of fused-ring (bicyclic) bond motifs is 1. The van der Waals surface area contributed by atoms with Crippen molar-refractivity contribution >= 4 is 21.6 Å². The van der Waals surface area contributed by atoms with Gasteiger partial charge in [-0.3, -0.25) is 9.10 Å². The Hall–Kier alpha value is -3.52. The van der Waals surface area contributed by atoms with Gasteiger partial charge in [-0.05, 0) is 54.8 Å². The number of hydrogen-bond acceptors (Lipinski definition) is 5. The fourth-order valence-corrected chi connectivity index (χ4v) is 5.46. The van der Waals surface area contributed by atoms with E-state index in [0.717, 1.165) is 16.8 Å². The molecule has 0 atom stereocenters. The number of sulfonamides is 1.